The van der Waals surface area contributed by atoms with E-state index < -0.39 is 0 Å². The van der Waals surface area contributed by atoms with Gasteiger partial charge in [-0.15, -0.1) is 11.8 Å². The van der Waals surface area contributed by atoms with Gasteiger partial charge in [-0.25, -0.2) is 0 Å². The van der Waals surface area contributed by atoms with Gasteiger partial charge >= 0.3 is 0 Å². The molecule has 1 saturated heterocycles. The summed E-state index contributed by atoms with van der Waals surface area (Å²) in [5.74, 6) is 0. The average molecular weight is 196 g/mol. The Kier molecular flexibility index (Phi) is 6.79. The fourth-order valence-electron chi connectivity index (χ4n) is 1.13. The number of rotatable bonds is 1. The van der Waals surface area contributed by atoms with Crippen LogP contribution in [0.5, 0.6) is 0 Å². The molecule has 0 amide bonds. The molecule has 1 atom stereocenters. The number of allylic oxidation sites excluding steroid dienone is 4. The van der Waals surface area contributed by atoms with Crippen LogP contribution < -0.4 is 0 Å². The standard InChI is InChI=1S/C10H14S.C2H6/c1-4-5-6-10-8(2)7-9(3)11-10;1-2/h4-6,9H,2,7H2,1,3H3;1-2H3/b5-4-,10-6+;. The predicted molar refractivity (Wildman–Crippen MR) is 65.1 cm³/mol. The van der Waals surface area contributed by atoms with Gasteiger partial charge in [0.25, 0.3) is 0 Å². The Morgan fingerprint density at radius 2 is 2.08 bits per heavy atom. The molecular weight excluding hydrogens is 176 g/mol. The minimum Gasteiger partial charge on any atom is -0.122 e. The summed E-state index contributed by atoms with van der Waals surface area (Å²) in [6.45, 7) is 12.3. The van der Waals surface area contributed by atoms with E-state index in [0.717, 1.165) is 11.7 Å². The lowest BCUT2D eigenvalue weighted by Crippen LogP contribution is -1.83. The van der Waals surface area contributed by atoms with Gasteiger partial charge in [0.2, 0.25) is 0 Å². The van der Waals surface area contributed by atoms with Crippen LogP contribution in [0.4, 0.5) is 0 Å². The van der Waals surface area contributed by atoms with Crippen LogP contribution in [0.2, 0.25) is 0 Å². The minimum atomic E-state index is 0.721. The Morgan fingerprint density at radius 1 is 1.46 bits per heavy atom. The van der Waals surface area contributed by atoms with Gasteiger partial charge in [-0.05, 0) is 25.0 Å². The molecule has 1 heterocycles. The molecular formula is C12H20S. The van der Waals surface area contributed by atoms with Crippen molar-refractivity contribution in [3.63, 3.8) is 0 Å². The molecule has 0 saturated carbocycles. The number of hydrogen-bond acceptors (Lipinski definition) is 1. The van der Waals surface area contributed by atoms with Crippen molar-refractivity contribution in [1.82, 2.24) is 0 Å². The topological polar surface area (TPSA) is 0 Å². The molecule has 13 heavy (non-hydrogen) atoms. The van der Waals surface area contributed by atoms with Crippen LogP contribution in [0, 0.1) is 0 Å². The molecule has 74 valence electrons. The summed E-state index contributed by atoms with van der Waals surface area (Å²) in [6.07, 6.45) is 7.42. The lowest BCUT2D eigenvalue weighted by atomic mass is 10.1. The highest BCUT2D eigenvalue weighted by atomic mass is 32.2. The van der Waals surface area contributed by atoms with Crippen LogP contribution in [-0.4, -0.2) is 5.25 Å². The van der Waals surface area contributed by atoms with Gasteiger partial charge in [-0.2, -0.15) is 0 Å². The molecule has 0 nitrogen and oxygen atoms in total. The van der Waals surface area contributed by atoms with Crippen molar-refractivity contribution in [2.24, 2.45) is 0 Å². The third kappa shape index (κ3) is 4.37. The second-order valence-electron chi connectivity index (χ2n) is 2.79. The summed E-state index contributed by atoms with van der Waals surface area (Å²) in [4.78, 5) is 1.36. The average Bonchev–Trinajstić information content (AvgIpc) is 2.45. The zero-order valence-corrected chi connectivity index (χ0v) is 9.95. The smallest absolute Gasteiger partial charge is 0.0107 e. The van der Waals surface area contributed by atoms with Gasteiger partial charge in [0.05, 0.1) is 0 Å². The zero-order valence-electron chi connectivity index (χ0n) is 9.13. The molecule has 0 N–H and O–H groups in total. The second-order valence-corrected chi connectivity index (χ2v) is 4.27. The van der Waals surface area contributed by atoms with Crippen molar-refractivity contribution < 1.29 is 0 Å². The molecule has 0 aromatic carbocycles. The van der Waals surface area contributed by atoms with Crippen LogP contribution in [-0.2, 0) is 0 Å². The minimum absolute atomic E-state index is 0.721. The third-order valence-corrected chi connectivity index (χ3v) is 2.90. The van der Waals surface area contributed by atoms with E-state index in [-0.39, 0.29) is 0 Å². The zero-order chi connectivity index (χ0) is 10.3. The SMILES string of the molecule is C=C1CC(C)S/C1=C/C=C\C.CC. The van der Waals surface area contributed by atoms with Crippen LogP contribution in [0.1, 0.15) is 34.1 Å². The van der Waals surface area contributed by atoms with Crippen molar-refractivity contribution in [3.05, 3.63) is 35.3 Å². The maximum atomic E-state index is 4.02. The third-order valence-electron chi connectivity index (χ3n) is 1.65. The first kappa shape index (κ1) is 12.6. The van der Waals surface area contributed by atoms with E-state index in [4.69, 9.17) is 0 Å². The largest absolute Gasteiger partial charge is 0.122 e. The highest BCUT2D eigenvalue weighted by Gasteiger charge is 2.18. The van der Waals surface area contributed by atoms with Crippen molar-refractivity contribution in [3.8, 4) is 0 Å². The summed E-state index contributed by atoms with van der Waals surface area (Å²) < 4.78 is 0. The molecule has 0 aromatic heterocycles. The highest BCUT2D eigenvalue weighted by Crippen LogP contribution is 2.39. The fourth-order valence-corrected chi connectivity index (χ4v) is 2.26. The Bertz CT molecular complexity index is 211. The Morgan fingerprint density at radius 3 is 2.46 bits per heavy atom. The van der Waals surface area contributed by atoms with Crippen molar-refractivity contribution in [1.29, 1.82) is 0 Å². The van der Waals surface area contributed by atoms with Gasteiger partial charge in [0, 0.05) is 10.2 Å². The summed E-state index contributed by atoms with van der Waals surface area (Å²) in [5, 5.41) is 0.721. The van der Waals surface area contributed by atoms with E-state index in [0.29, 0.717) is 0 Å². The van der Waals surface area contributed by atoms with E-state index in [9.17, 15) is 0 Å². The predicted octanol–water partition coefficient (Wildman–Crippen LogP) is 4.55. The summed E-state index contributed by atoms with van der Waals surface area (Å²) in [7, 11) is 0. The first-order chi connectivity index (χ1) is 6.24. The van der Waals surface area contributed by atoms with E-state index >= 15 is 0 Å². The molecule has 0 aliphatic carbocycles. The van der Waals surface area contributed by atoms with E-state index in [1.54, 1.807) is 0 Å². The molecule has 1 aliphatic rings. The lowest BCUT2D eigenvalue weighted by molar-refractivity contribution is 0.978. The quantitative estimate of drug-likeness (QED) is 0.592. The molecule has 1 aliphatic heterocycles. The molecule has 0 bridgehead atoms. The lowest BCUT2D eigenvalue weighted by Gasteiger charge is -1.93. The van der Waals surface area contributed by atoms with Gasteiger partial charge in [0.15, 0.2) is 0 Å². The summed E-state index contributed by atoms with van der Waals surface area (Å²) in [5.41, 5.74) is 1.29. The molecule has 0 aromatic rings. The summed E-state index contributed by atoms with van der Waals surface area (Å²) >= 11 is 1.92. The van der Waals surface area contributed by atoms with Gasteiger partial charge in [-0.1, -0.05) is 39.5 Å². The molecule has 1 heteroatoms. The van der Waals surface area contributed by atoms with Crippen molar-refractivity contribution in [2.75, 3.05) is 0 Å². The Hall–Kier alpha value is -0.430. The molecule has 0 spiro atoms. The van der Waals surface area contributed by atoms with Gasteiger partial charge in [-0.3, -0.25) is 0 Å². The molecule has 1 fully saturated rings. The van der Waals surface area contributed by atoms with E-state index in [2.05, 4.69) is 25.7 Å². The second kappa shape index (κ2) is 7.02. The Balaban J connectivity index is 0.000000671. The number of hydrogen-bond donors (Lipinski definition) is 0. The molecule has 1 unspecified atom stereocenters. The maximum absolute atomic E-state index is 4.02. The normalized spacial score (nSPS) is 25.1. The van der Waals surface area contributed by atoms with Crippen LogP contribution in [0.3, 0.4) is 0 Å². The first-order valence-electron chi connectivity index (χ1n) is 4.92. The van der Waals surface area contributed by atoms with Gasteiger partial charge in [0.1, 0.15) is 0 Å². The first-order valence-corrected chi connectivity index (χ1v) is 5.79. The Labute approximate surface area is 86.8 Å². The van der Waals surface area contributed by atoms with Crippen molar-refractivity contribution >= 4 is 11.8 Å². The monoisotopic (exact) mass is 196 g/mol. The molecule has 0 radical (unpaired) electrons. The van der Waals surface area contributed by atoms with Crippen molar-refractivity contribution in [2.45, 2.75) is 39.4 Å². The van der Waals surface area contributed by atoms with Crippen LogP contribution >= 0.6 is 11.8 Å². The summed E-state index contributed by atoms with van der Waals surface area (Å²) in [6, 6.07) is 0. The fraction of sp³-hybridized carbons (Fsp3) is 0.500. The number of thioether (sulfide) groups is 1. The highest BCUT2D eigenvalue weighted by molar-refractivity contribution is 8.04. The van der Waals surface area contributed by atoms with Crippen LogP contribution in [0.25, 0.3) is 0 Å². The van der Waals surface area contributed by atoms with Crippen LogP contribution in [0.15, 0.2) is 35.3 Å². The van der Waals surface area contributed by atoms with Gasteiger partial charge < -0.3 is 0 Å². The van der Waals surface area contributed by atoms with E-state index in [1.165, 1.54) is 10.5 Å². The maximum Gasteiger partial charge on any atom is 0.0107 e. The van der Waals surface area contributed by atoms with E-state index in [1.807, 2.05) is 38.6 Å². The molecule has 1 rings (SSSR count).